The molecule has 3 atom stereocenters. The molecule has 1 aliphatic heterocycles. The Labute approximate surface area is 117 Å². The van der Waals surface area contributed by atoms with Gasteiger partial charge in [0, 0.05) is 19.3 Å². The highest BCUT2D eigenvalue weighted by atomic mass is 32.2. The minimum absolute atomic E-state index is 0.103. The first kappa shape index (κ1) is 15.6. The van der Waals surface area contributed by atoms with Crippen molar-refractivity contribution in [2.75, 3.05) is 19.3 Å². The molecule has 1 aliphatic rings. The lowest BCUT2D eigenvalue weighted by molar-refractivity contribution is -0.141. The molecule has 1 saturated heterocycles. The van der Waals surface area contributed by atoms with Crippen molar-refractivity contribution >= 4 is 23.8 Å². The minimum atomic E-state index is -0.974. The Bertz CT molecular complexity index is 396. The van der Waals surface area contributed by atoms with Gasteiger partial charge in [-0.15, -0.1) is 11.8 Å². The fourth-order valence-electron chi connectivity index (χ4n) is 2.05. The Balaban J connectivity index is 2.81. The molecule has 2 amide bonds. The van der Waals surface area contributed by atoms with E-state index in [1.165, 1.54) is 21.6 Å². The number of nitriles is 1. The topological polar surface area (TPSA) is 84.6 Å². The molecule has 1 heterocycles. The SMILES string of the molecule is CCC1SCC(C(=O)O)N1C(=O)N(C)CC(C)C#N. The molecule has 106 valence electrons. The van der Waals surface area contributed by atoms with E-state index in [0.29, 0.717) is 18.7 Å². The number of urea groups is 1. The number of thioether (sulfide) groups is 1. The molecule has 0 spiro atoms. The van der Waals surface area contributed by atoms with Gasteiger partial charge in [0.2, 0.25) is 0 Å². The van der Waals surface area contributed by atoms with Crippen molar-refractivity contribution < 1.29 is 14.7 Å². The van der Waals surface area contributed by atoms with Crippen molar-refractivity contribution in [1.29, 1.82) is 5.26 Å². The summed E-state index contributed by atoms with van der Waals surface area (Å²) in [4.78, 5) is 26.4. The van der Waals surface area contributed by atoms with Gasteiger partial charge in [0.15, 0.2) is 0 Å². The average molecular weight is 285 g/mol. The van der Waals surface area contributed by atoms with Crippen LogP contribution in [0.5, 0.6) is 0 Å². The van der Waals surface area contributed by atoms with E-state index >= 15 is 0 Å². The van der Waals surface area contributed by atoms with Gasteiger partial charge in [0.25, 0.3) is 0 Å². The third kappa shape index (κ3) is 3.53. The standard InChI is InChI=1S/C12H19N3O3S/c1-4-10-15(9(7-19-10)11(16)17)12(18)14(3)6-8(2)5-13/h8-10H,4,6-7H2,1-3H3,(H,16,17). The predicted molar refractivity (Wildman–Crippen MR) is 72.6 cm³/mol. The van der Waals surface area contributed by atoms with Crippen LogP contribution in [-0.4, -0.2) is 57.7 Å². The first-order valence-electron chi connectivity index (χ1n) is 6.19. The van der Waals surface area contributed by atoms with Crippen molar-refractivity contribution in [2.24, 2.45) is 5.92 Å². The fraction of sp³-hybridized carbons (Fsp3) is 0.750. The molecule has 0 aromatic rings. The number of amides is 2. The zero-order valence-electron chi connectivity index (χ0n) is 11.4. The van der Waals surface area contributed by atoms with Crippen LogP contribution >= 0.6 is 11.8 Å². The van der Waals surface area contributed by atoms with Crippen LogP contribution in [0.25, 0.3) is 0 Å². The van der Waals surface area contributed by atoms with E-state index < -0.39 is 12.0 Å². The summed E-state index contributed by atoms with van der Waals surface area (Å²) >= 11 is 1.49. The van der Waals surface area contributed by atoms with E-state index in [2.05, 4.69) is 6.07 Å². The summed E-state index contributed by atoms with van der Waals surface area (Å²) < 4.78 is 0. The van der Waals surface area contributed by atoms with E-state index in [9.17, 15) is 14.7 Å². The maximum atomic E-state index is 12.3. The van der Waals surface area contributed by atoms with Crippen LogP contribution in [0.4, 0.5) is 4.79 Å². The van der Waals surface area contributed by atoms with Gasteiger partial charge >= 0.3 is 12.0 Å². The number of rotatable bonds is 4. The largest absolute Gasteiger partial charge is 0.480 e. The summed E-state index contributed by atoms with van der Waals surface area (Å²) in [6.07, 6.45) is 0.710. The van der Waals surface area contributed by atoms with Crippen LogP contribution in [0.3, 0.4) is 0 Å². The van der Waals surface area contributed by atoms with Gasteiger partial charge in [0.1, 0.15) is 6.04 Å². The Morgan fingerprint density at radius 2 is 2.26 bits per heavy atom. The molecule has 0 aromatic heterocycles. The molecule has 0 bridgehead atoms. The van der Waals surface area contributed by atoms with Crippen LogP contribution in [0, 0.1) is 17.2 Å². The molecule has 1 rings (SSSR count). The third-order valence-corrected chi connectivity index (χ3v) is 4.50. The predicted octanol–water partition coefficient (Wildman–Crippen LogP) is 1.44. The number of carboxylic acid groups (broad SMARTS) is 1. The Morgan fingerprint density at radius 3 is 2.74 bits per heavy atom. The summed E-state index contributed by atoms with van der Waals surface area (Å²) in [5, 5.41) is 17.8. The number of carbonyl (C=O) groups excluding carboxylic acids is 1. The lowest BCUT2D eigenvalue weighted by Crippen LogP contribution is -2.51. The summed E-state index contributed by atoms with van der Waals surface area (Å²) in [7, 11) is 1.60. The number of hydrogen-bond acceptors (Lipinski definition) is 4. The van der Waals surface area contributed by atoms with Crippen molar-refractivity contribution in [2.45, 2.75) is 31.7 Å². The smallest absolute Gasteiger partial charge is 0.327 e. The first-order valence-corrected chi connectivity index (χ1v) is 7.24. The van der Waals surface area contributed by atoms with Crippen molar-refractivity contribution in [3.63, 3.8) is 0 Å². The van der Waals surface area contributed by atoms with Crippen LogP contribution in [0.15, 0.2) is 0 Å². The second-order valence-corrected chi connectivity index (χ2v) is 5.86. The van der Waals surface area contributed by atoms with E-state index in [1.807, 2.05) is 6.92 Å². The summed E-state index contributed by atoms with van der Waals surface area (Å²) in [5.74, 6) is -0.826. The monoisotopic (exact) mass is 285 g/mol. The molecule has 19 heavy (non-hydrogen) atoms. The molecular formula is C12H19N3O3S. The highest BCUT2D eigenvalue weighted by molar-refractivity contribution is 8.00. The maximum Gasteiger partial charge on any atom is 0.327 e. The van der Waals surface area contributed by atoms with Crippen LogP contribution in [0.1, 0.15) is 20.3 Å². The second-order valence-electron chi connectivity index (χ2n) is 4.65. The van der Waals surface area contributed by atoms with Crippen molar-refractivity contribution in [3.05, 3.63) is 0 Å². The van der Waals surface area contributed by atoms with Crippen LogP contribution in [0.2, 0.25) is 0 Å². The lowest BCUT2D eigenvalue weighted by atomic mass is 10.2. The third-order valence-electron chi connectivity index (χ3n) is 3.04. The number of aliphatic carboxylic acids is 1. The summed E-state index contributed by atoms with van der Waals surface area (Å²) in [6.45, 7) is 3.97. The normalized spacial score (nSPS) is 23.8. The van der Waals surface area contributed by atoms with Gasteiger partial charge in [-0.1, -0.05) is 6.92 Å². The number of nitrogens with zero attached hydrogens (tertiary/aromatic N) is 3. The molecule has 1 N–H and O–H groups in total. The maximum absolute atomic E-state index is 12.3. The van der Waals surface area contributed by atoms with E-state index in [0.717, 1.165) is 0 Å². The van der Waals surface area contributed by atoms with Gasteiger partial charge in [-0.3, -0.25) is 4.90 Å². The zero-order chi connectivity index (χ0) is 14.6. The minimum Gasteiger partial charge on any atom is -0.480 e. The van der Waals surface area contributed by atoms with Crippen LogP contribution in [-0.2, 0) is 4.79 Å². The molecule has 6 nitrogen and oxygen atoms in total. The molecule has 0 aromatic carbocycles. The molecule has 0 radical (unpaired) electrons. The first-order chi connectivity index (χ1) is 8.92. The van der Waals surface area contributed by atoms with Crippen molar-refractivity contribution in [1.82, 2.24) is 9.80 Å². The molecular weight excluding hydrogens is 266 g/mol. The van der Waals surface area contributed by atoms with Gasteiger partial charge in [-0.2, -0.15) is 5.26 Å². The molecule has 1 fully saturated rings. The fourth-order valence-corrected chi connectivity index (χ4v) is 3.39. The molecule has 3 unspecified atom stereocenters. The molecule has 7 heteroatoms. The van der Waals surface area contributed by atoms with Gasteiger partial charge in [-0.25, -0.2) is 9.59 Å². The quantitative estimate of drug-likeness (QED) is 0.844. The van der Waals surface area contributed by atoms with Gasteiger partial charge < -0.3 is 10.0 Å². The number of carboxylic acids is 1. The summed E-state index contributed by atoms with van der Waals surface area (Å²) in [5.41, 5.74) is 0. The average Bonchev–Trinajstić information content (AvgIpc) is 2.81. The summed E-state index contributed by atoms with van der Waals surface area (Å²) in [6, 6.07) is 0.977. The van der Waals surface area contributed by atoms with E-state index in [4.69, 9.17) is 5.26 Å². The Hall–Kier alpha value is -1.42. The second kappa shape index (κ2) is 6.66. The Morgan fingerprint density at radius 1 is 1.63 bits per heavy atom. The molecule has 0 aliphatic carbocycles. The number of hydrogen-bond donors (Lipinski definition) is 1. The molecule has 0 saturated carbocycles. The van der Waals surface area contributed by atoms with E-state index in [-0.39, 0.29) is 17.3 Å². The van der Waals surface area contributed by atoms with Gasteiger partial charge in [0.05, 0.1) is 17.4 Å². The highest BCUT2D eigenvalue weighted by Gasteiger charge is 2.41. The lowest BCUT2D eigenvalue weighted by Gasteiger charge is -2.31. The highest BCUT2D eigenvalue weighted by Crippen LogP contribution is 2.32. The van der Waals surface area contributed by atoms with Gasteiger partial charge in [-0.05, 0) is 13.3 Å². The van der Waals surface area contributed by atoms with Crippen molar-refractivity contribution in [3.8, 4) is 6.07 Å². The van der Waals surface area contributed by atoms with Crippen LogP contribution < -0.4 is 0 Å². The number of carbonyl (C=O) groups is 2. The zero-order valence-corrected chi connectivity index (χ0v) is 12.2. The Kier molecular flexibility index (Phi) is 5.48. The van der Waals surface area contributed by atoms with E-state index in [1.54, 1.807) is 14.0 Å².